The van der Waals surface area contributed by atoms with Crippen LogP contribution in [0.3, 0.4) is 0 Å². The van der Waals surface area contributed by atoms with Crippen molar-refractivity contribution in [1.29, 1.82) is 0 Å². The highest BCUT2D eigenvalue weighted by Gasteiger charge is 2.44. The molecule has 0 amide bonds. The molecule has 2 aromatic rings. The minimum absolute atomic E-state index is 0.160. The van der Waals surface area contributed by atoms with Crippen molar-refractivity contribution in [3.63, 3.8) is 0 Å². The zero-order valence-electron chi connectivity index (χ0n) is 9.94. The van der Waals surface area contributed by atoms with Crippen LogP contribution in [-0.4, -0.2) is 14.8 Å². The molecule has 1 fully saturated rings. The molecule has 0 bridgehead atoms. The summed E-state index contributed by atoms with van der Waals surface area (Å²) in [6.07, 6.45) is 6.44. The topological polar surface area (TPSA) is 30.7 Å². The second-order valence-electron chi connectivity index (χ2n) is 4.78. The van der Waals surface area contributed by atoms with Crippen LogP contribution in [0.1, 0.15) is 36.5 Å². The third kappa shape index (κ3) is 2.42. The fraction of sp³-hybridized carbons (Fsp3) is 0.500. The molecule has 0 spiro atoms. The molecule has 0 aromatic carbocycles. The van der Waals surface area contributed by atoms with Gasteiger partial charge in [0.1, 0.15) is 0 Å². The van der Waals surface area contributed by atoms with Gasteiger partial charge in [0.25, 0.3) is 0 Å². The van der Waals surface area contributed by atoms with Crippen molar-refractivity contribution in [2.45, 2.75) is 37.1 Å². The molecule has 6 heteroatoms. The fourth-order valence-corrected chi connectivity index (χ4v) is 3.29. The summed E-state index contributed by atoms with van der Waals surface area (Å²) < 4.78 is 1.87. The van der Waals surface area contributed by atoms with E-state index in [-0.39, 0.29) is 10.9 Å². The molecule has 0 radical (unpaired) electrons. The van der Waals surface area contributed by atoms with Crippen LogP contribution >= 0.6 is 34.5 Å². The average Bonchev–Trinajstić information content (AvgIpc) is 2.80. The van der Waals surface area contributed by atoms with Crippen LogP contribution in [-0.2, 0) is 11.3 Å². The minimum atomic E-state index is -0.160. The van der Waals surface area contributed by atoms with Crippen LogP contribution in [0.25, 0.3) is 0 Å². The maximum atomic E-state index is 6.35. The third-order valence-electron chi connectivity index (χ3n) is 3.19. The molecule has 0 aliphatic heterocycles. The Hall–Kier alpha value is -0.580. The SMILES string of the molecule is C[C@H](Cc1nc(C2(Cl)CC2)cs1)n1cc(Cl)cn1. The van der Waals surface area contributed by atoms with Crippen molar-refractivity contribution >= 4 is 34.5 Å². The van der Waals surface area contributed by atoms with Gasteiger partial charge in [-0.3, -0.25) is 4.68 Å². The lowest BCUT2D eigenvalue weighted by Crippen LogP contribution is -2.08. The van der Waals surface area contributed by atoms with E-state index >= 15 is 0 Å². The number of thiazole rings is 1. The van der Waals surface area contributed by atoms with Gasteiger partial charge < -0.3 is 0 Å². The summed E-state index contributed by atoms with van der Waals surface area (Å²) in [7, 11) is 0. The first-order valence-electron chi connectivity index (χ1n) is 5.90. The van der Waals surface area contributed by atoms with E-state index in [1.807, 2.05) is 10.9 Å². The Labute approximate surface area is 120 Å². The number of rotatable bonds is 4. The maximum absolute atomic E-state index is 6.35. The van der Waals surface area contributed by atoms with Gasteiger partial charge in [-0.25, -0.2) is 4.98 Å². The van der Waals surface area contributed by atoms with Gasteiger partial charge in [0, 0.05) is 18.0 Å². The monoisotopic (exact) mass is 301 g/mol. The van der Waals surface area contributed by atoms with Crippen molar-refractivity contribution < 1.29 is 0 Å². The lowest BCUT2D eigenvalue weighted by molar-refractivity contribution is 0.487. The molecule has 1 aliphatic rings. The van der Waals surface area contributed by atoms with E-state index < -0.39 is 0 Å². The number of nitrogens with zero attached hydrogens (tertiary/aromatic N) is 3. The van der Waals surface area contributed by atoms with Gasteiger partial charge in [-0.05, 0) is 19.8 Å². The van der Waals surface area contributed by atoms with Gasteiger partial charge in [-0.1, -0.05) is 11.6 Å². The molecule has 2 heterocycles. The first-order valence-corrected chi connectivity index (χ1v) is 7.54. The van der Waals surface area contributed by atoms with Crippen molar-refractivity contribution in [3.05, 3.63) is 33.5 Å². The summed E-state index contributed by atoms with van der Waals surface area (Å²) in [5.74, 6) is 0. The molecule has 3 rings (SSSR count). The van der Waals surface area contributed by atoms with Gasteiger partial charge in [0.15, 0.2) is 0 Å². The molecular formula is C12H13Cl2N3S. The van der Waals surface area contributed by atoms with Crippen LogP contribution in [0.4, 0.5) is 0 Å². The highest BCUT2D eigenvalue weighted by atomic mass is 35.5. The Bertz CT molecular complexity index is 559. The minimum Gasteiger partial charge on any atom is -0.268 e. The van der Waals surface area contributed by atoms with Gasteiger partial charge in [0.05, 0.1) is 32.8 Å². The van der Waals surface area contributed by atoms with Crippen LogP contribution in [0.15, 0.2) is 17.8 Å². The normalized spacial score (nSPS) is 18.8. The summed E-state index contributed by atoms with van der Waals surface area (Å²) in [5.41, 5.74) is 1.04. The summed E-state index contributed by atoms with van der Waals surface area (Å²) >= 11 is 13.9. The number of halogens is 2. The second-order valence-corrected chi connectivity index (χ2v) is 6.89. The van der Waals surface area contributed by atoms with Crippen LogP contribution < -0.4 is 0 Å². The summed E-state index contributed by atoms with van der Waals surface area (Å²) in [6.45, 7) is 2.11. The van der Waals surface area contributed by atoms with Crippen molar-refractivity contribution in [1.82, 2.24) is 14.8 Å². The van der Waals surface area contributed by atoms with Crippen molar-refractivity contribution in [3.8, 4) is 0 Å². The number of alkyl halides is 1. The summed E-state index contributed by atoms with van der Waals surface area (Å²) in [4.78, 5) is 4.47. The van der Waals surface area contributed by atoms with E-state index in [0.717, 1.165) is 30.0 Å². The first-order chi connectivity index (χ1) is 8.57. The van der Waals surface area contributed by atoms with Crippen LogP contribution in [0.2, 0.25) is 5.02 Å². The fourth-order valence-electron chi connectivity index (χ4n) is 1.88. The van der Waals surface area contributed by atoms with E-state index in [4.69, 9.17) is 23.2 Å². The number of hydrogen-bond donors (Lipinski definition) is 0. The van der Waals surface area contributed by atoms with Gasteiger partial charge >= 0.3 is 0 Å². The van der Waals surface area contributed by atoms with E-state index in [1.165, 1.54) is 0 Å². The maximum Gasteiger partial charge on any atom is 0.0950 e. The quantitative estimate of drug-likeness (QED) is 0.798. The Balaban J connectivity index is 1.71. The second kappa shape index (κ2) is 4.51. The van der Waals surface area contributed by atoms with E-state index in [2.05, 4.69) is 22.4 Å². The standard InChI is InChI=1S/C12H13Cl2N3S/c1-8(17-6-9(13)5-15-17)4-11-16-10(7-18-11)12(14)2-3-12/h5-8H,2-4H2,1H3/t8-/m1/s1. The zero-order valence-corrected chi connectivity index (χ0v) is 12.3. The van der Waals surface area contributed by atoms with Gasteiger partial charge in [-0.15, -0.1) is 22.9 Å². The predicted octanol–water partition coefficient (Wildman–Crippen LogP) is 4.02. The average molecular weight is 302 g/mol. The lowest BCUT2D eigenvalue weighted by Gasteiger charge is -2.09. The zero-order chi connectivity index (χ0) is 12.8. The molecular weight excluding hydrogens is 289 g/mol. The summed E-state index contributed by atoms with van der Waals surface area (Å²) in [5, 5.41) is 8.07. The highest BCUT2D eigenvalue weighted by Crippen LogP contribution is 2.51. The molecule has 0 N–H and O–H groups in total. The molecule has 18 heavy (non-hydrogen) atoms. The molecule has 96 valence electrons. The van der Waals surface area contributed by atoms with E-state index in [1.54, 1.807) is 17.5 Å². The number of aromatic nitrogens is 3. The Morgan fingerprint density at radius 3 is 2.94 bits per heavy atom. The lowest BCUT2D eigenvalue weighted by atomic mass is 10.2. The van der Waals surface area contributed by atoms with Crippen molar-refractivity contribution in [2.75, 3.05) is 0 Å². The van der Waals surface area contributed by atoms with Gasteiger partial charge in [0.2, 0.25) is 0 Å². The smallest absolute Gasteiger partial charge is 0.0950 e. The van der Waals surface area contributed by atoms with Crippen LogP contribution in [0, 0.1) is 0 Å². The van der Waals surface area contributed by atoms with Gasteiger partial charge in [-0.2, -0.15) is 5.10 Å². The largest absolute Gasteiger partial charge is 0.268 e. The molecule has 1 saturated carbocycles. The molecule has 2 aromatic heterocycles. The predicted molar refractivity (Wildman–Crippen MR) is 74.5 cm³/mol. The Morgan fingerprint density at radius 2 is 2.33 bits per heavy atom. The molecule has 0 unspecified atom stereocenters. The molecule has 1 aliphatic carbocycles. The molecule has 0 saturated heterocycles. The van der Waals surface area contributed by atoms with Crippen LogP contribution in [0.5, 0.6) is 0 Å². The van der Waals surface area contributed by atoms with Crippen molar-refractivity contribution in [2.24, 2.45) is 0 Å². The Kier molecular flexibility index (Phi) is 3.12. The Morgan fingerprint density at radius 1 is 1.56 bits per heavy atom. The van der Waals surface area contributed by atoms with E-state index in [9.17, 15) is 0 Å². The first kappa shape index (κ1) is 12.5. The summed E-state index contributed by atoms with van der Waals surface area (Å²) in [6, 6.07) is 0.252. The number of hydrogen-bond acceptors (Lipinski definition) is 3. The molecule has 3 nitrogen and oxygen atoms in total. The molecule has 1 atom stereocenters. The highest BCUT2D eigenvalue weighted by molar-refractivity contribution is 7.09. The van der Waals surface area contributed by atoms with E-state index in [0.29, 0.717) is 5.02 Å². The third-order valence-corrected chi connectivity index (χ3v) is 4.83.